The fraction of sp³-hybridized carbons (Fsp3) is 0.500. The van der Waals surface area contributed by atoms with Crippen LogP contribution in [0.3, 0.4) is 0 Å². The molecule has 1 rings (SSSR count). The zero-order chi connectivity index (χ0) is 9.52. The van der Waals surface area contributed by atoms with Gasteiger partial charge in [0.1, 0.15) is 12.2 Å². The molecule has 0 fully saturated rings. The van der Waals surface area contributed by atoms with Crippen molar-refractivity contribution in [2.75, 3.05) is 6.54 Å². The van der Waals surface area contributed by atoms with Gasteiger partial charge in [-0.1, -0.05) is 0 Å². The van der Waals surface area contributed by atoms with Crippen molar-refractivity contribution in [3.8, 4) is 0 Å². The highest BCUT2D eigenvalue weighted by Gasteiger charge is 1.94. The van der Waals surface area contributed by atoms with Gasteiger partial charge in [0.2, 0.25) is 5.96 Å². The summed E-state index contributed by atoms with van der Waals surface area (Å²) in [7, 11) is 0. The van der Waals surface area contributed by atoms with E-state index in [2.05, 4.69) is 25.6 Å². The molecule has 0 radical (unpaired) electrons. The maximum absolute atomic E-state index is 5.31. The van der Waals surface area contributed by atoms with Gasteiger partial charge < -0.3 is 5.73 Å². The number of nitrogens with one attached hydrogen (secondary N) is 2. The zero-order valence-corrected chi connectivity index (χ0v) is 7.20. The minimum absolute atomic E-state index is 0.248. The highest BCUT2D eigenvalue weighted by molar-refractivity contribution is 5.76. The number of H-pyrrole nitrogens is 1. The molecule has 1 heterocycles. The third-order valence-corrected chi connectivity index (χ3v) is 1.47. The van der Waals surface area contributed by atoms with Crippen LogP contribution in [0.4, 0.5) is 0 Å². The third kappa shape index (κ3) is 3.52. The first-order valence-corrected chi connectivity index (χ1v) is 3.93. The Morgan fingerprint density at radius 1 is 1.69 bits per heavy atom. The molecule has 6 N–H and O–H groups in total. The summed E-state index contributed by atoms with van der Waals surface area (Å²) in [5.74, 6) is 6.12. The zero-order valence-electron chi connectivity index (χ0n) is 7.20. The van der Waals surface area contributed by atoms with Crippen LogP contribution in [-0.4, -0.2) is 27.7 Å². The summed E-state index contributed by atoms with van der Waals surface area (Å²) < 4.78 is 0. The topological polar surface area (TPSA) is 118 Å². The molecule has 0 atom stereocenters. The number of rotatable bonds is 4. The van der Waals surface area contributed by atoms with Gasteiger partial charge in [0.25, 0.3) is 0 Å². The van der Waals surface area contributed by atoms with Gasteiger partial charge in [-0.05, 0) is 6.42 Å². The third-order valence-electron chi connectivity index (χ3n) is 1.47. The van der Waals surface area contributed by atoms with E-state index in [1.165, 1.54) is 6.33 Å². The molecule has 0 spiro atoms. The quantitative estimate of drug-likeness (QED) is 0.149. The lowest BCUT2D eigenvalue weighted by Crippen LogP contribution is -2.37. The van der Waals surface area contributed by atoms with Crippen LogP contribution in [0.2, 0.25) is 0 Å². The molecule has 0 unspecified atom stereocenters. The number of hydrogen-bond donors (Lipinski definition) is 4. The molecule has 13 heavy (non-hydrogen) atoms. The Balaban J connectivity index is 2.15. The molecular weight excluding hydrogens is 170 g/mol. The van der Waals surface area contributed by atoms with Gasteiger partial charge in [-0.3, -0.25) is 15.5 Å². The maximum Gasteiger partial charge on any atom is 0.203 e. The Morgan fingerprint density at radius 3 is 3.15 bits per heavy atom. The number of guanidine groups is 1. The molecule has 1 aromatic heterocycles. The van der Waals surface area contributed by atoms with Crippen molar-refractivity contribution in [3.05, 3.63) is 12.2 Å². The first-order valence-electron chi connectivity index (χ1n) is 3.93. The van der Waals surface area contributed by atoms with Crippen molar-refractivity contribution in [1.29, 1.82) is 0 Å². The smallest absolute Gasteiger partial charge is 0.203 e. The average molecular weight is 183 g/mol. The van der Waals surface area contributed by atoms with E-state index in [0.29, 0.717) is 6.54 Å². The van der Waals surface area contributed by atoms with Crippen LogP contribution in [0.5, 0.6) is 0 Å². The molecule has 7 heteroatoms. The monoisotopic (exact) mass is 183 g/mol. The Kier molecular flexibility index (Phi) is 3.71. The summed E-state index contributed by atoms with van der Waals surface area (Å²) in [4.78, 5) is 7.90. The number of aromatic amines is 1. The number of nitrogens with two attached hydrogens (primary N) is 2. The summed E-state index contributed by atoms with van der Waals surface area (Å²) >= 11 is 0. The van der Waals surface area contributed by atoms with E-state index < -0.39 is 0 Å². The van der Waals surface area contributed by atoms with Crippen LogP contribution < -0.4 is 17.0 Å². The van der Waals surface area contributed by atoms with Gasteiger partial charge >= 0.3 is 0 Å². The number of aryl methyl sites for hydroxylation is 1. The Bertz CT molecular complexity index is 252. The van der Waals surface area contributed by atoms with Gasteiger partial charge in [0.15, 0.2) is 0 Å². The Morgan fingerprint density at radius 2 is 2.54 bits per heavy atom. The van der Waals surface area contributed by atoms with Crippen molar-refractivity contribution in [1.82, 2.24) is 20.6 Å². The van der Waals surface area contributed by atoms with Crippen LogP contribution in [0, 0.1) is 0 Å². The summed E-state index contributed by atoms with van der Waals surface area (Å²) in [6.45, 7) is 0.622. The largest absolute Gasteiger partial charge is 0.369 e. The van der Waals surface area contributed by atoms with Crippen LogP contribution in [0.15, 0.2) is 11.3 Å². The first kappa shape index (κ1) is 9.46. The van der Waals surface area contributed by atoms with Gasteiger partial charge in [-0.2, -0.15) is 5.10 Å². The molecule has 0 aliphatic heterocycles. The summed E-state index contributed by atoms with van der Waals surface area (Å²) in [5, 5.41) is 6.48. The van der Waals surface area contributed by atoms with Crippen molar-refractivity contribution >= 4 is 5.96 Å². The van der Waals surface area contributed by atoms with E-state index in [9.17, 15) is 0 Å². The molecule has 7 nitrogen and oxygen atoms in total. The van der Waals surface area contributed by atoms with Gasteiger partial charge in [0.05, 0.1) is 0 Å². The second kappa shape index (κ2) is 5.09. The van der Waals surface area contributed by atoms with Crippen molar-refractivity contribution in [3.63, 3.8) is 0 Å². The highest BCUT2D eigenvalue weighted by atomic mass is 15.3. The average Bonchev–Trinajstić information content (AvgIpc) is 2.64. The van der Waals surface area contributed by atoms with Crippen molar-refractivity contribution in [2.45, 2.75) is 12.8 Å². The van der Waals surface area contributed by atoms with E-state index >= 15 is 0 Å². The lowest BCUT2D eigenvalue weighted by molar-refractivity contribution is 0.780. The summed E-state index contributed by atoms with van der Waals surface area (Å²) in [6, 6.07) is 0. The molecule has 0 bridgehead atoms. The predicted octanol–water partition coefficient (Wildman–Crippen LogP) is -1.48. The first-order chi connectivity index (χ1) is 6.33. The second-order valence-electron chi connectivity index (χ2n) is 2.45. The predicted molar refractivity (Wildman–Crippen MR) is 48.5 cm³/mol. The van der Waals surface area contributed by atoms with Gasteiger partial charge in [0, 0.05) is 13.0 Å². The van der Waals surface area contributed by atoms with Crippen LogP contribution in [0.1, 0.15) is 12.2 Å². The standard InChI is InChI=1S/C6H13N7/c7-6(12-8)9-3-1-2-5-10-4-11-13-5/h4H,1-3,8H2,(H3,7,9,12)(H,10,11,13). The lowest BCUT2D eigenvalue weighted by Gasteiger charge is -1.97. The molecule has 0 saturated carbocycles. The van der Waals surface area contributed by atoms with Gasteiger partial charge in [-0.15, -0.1) is 0 Å². The fourth-order valence-corrected chi connectivity index (χ4v) is 0.843. The van der Waals surface area contributed by atoms with Crippen molar-refractivity contribution in [2.24, 2.45) is 16.6 Å². The molecule has 0 amide bonds. The van der Waals surface area contributed by atoms with E-state index in [4.69, 9.17) is 11.6 Å². The number of hydrazine groups is 1. The SMILES string of the molecule is NNC(N)=NCCCc1ncn[nH]1. The molecule has 0 aromatic carbocycles. The van der Waals surface area contributed by atoms with Crippen molar-refractivity contribution < 1.29 is 0 Å². The maximum atomic E-state index is 5.31. The highest BCUT2D eigenvalue weighted by Crippen LogP contribution is 1.92. The van der Waals surface area contributed by atoms with E-state index in [-0.39, 0.29) is 5.96 Å². The normalized spacial score (nSPS) is 11.6. The fourth-order valence-electron chi connectivity index (χ4n) is 0.843. The van der Waals surface area contributed by atoms with E-state index in [1.807, 2.05) is 0 Å². The molecule has 0 aliphatic carbocycles. The number of aromatic nitrogens is 3. The minimum Gasteiger partial charge on any atom is -0.369 e. The lowest BCUT2D eigenvalue weighted by atomic mass is 10.3. The molecule has 0 aliphatic rings. The Labute approximate surface area is 75.6 Å². The Hall–Kier alpha value is -1.63. The molecule has 72 valence electrons. The van der Waals surface area contributed by atoms with Crippen LogP contribution >= 0.6 is 0 Å². The molecular formula is C6H13N7. The molecule has 1 aromatic rings. The van der Waals surface area contributed by atoms with Crippen LogP contribution in [-0.2, 0) is 6.42 Å². The number of aliphatic imine (C=N–C) groups is 1. The van der Waals surface area contributed by atoms with Gasteiger partial charge in [-0.25, -0.2) is 10.8 Å². The van der Waals surface area contributed by atoms with E-state index in [1.54, 1.807) is 0 Å². The summed E-state index contributed by atoms with van der Waals surface area (Å²) in [5.41, 5.74) is 7.56. The van der Waals surface area contributed by atoms with E-state index in [0.717, 1.165) is 18.7 Å². The second-order valence-corrected chi connectivity index (χ2v) is 2.45. The molecule has 0 saturated heterocycles. The van der Waals surface area contributed by atoms with Crippen LogP contribution in [0.25, 0.3) is 0 Å². The number of nitrogens with zero attached hydrogens (tertiary/aromatic N) is 3. The summed E-state index contributed by atoms with van der Waals surface area (Å²) in [6.07, 6.45) is 3.15. The minimum atomic E-state index is 0.248. The number of hydrogen-bond acceptors (Lipinski definition) is 4.